The van der Waals surface area contributed by atoms with Crippen molar-refractivity contribution >= 4 is 34.6 Å². The fourth-order valence-electron chi connectivity index (χ4n) is 2.03. The number of amides is 2. The Hall–Kier alpha value is -2.47. The highest BCUT2D eigenvalue weighted by Crippen LogP contribution is 2.16. The normalized spacial score (nSPS) is 14.3. The van der Waals surface area contributed by atoms with Gasteiger partial charge in [0.15, 0.2) is 0 Å². The standard InChI is InChI=1S/C15H13N3O2S/c19-14-8-7-12(17-18-14)10-3-5-11(6-4-10)16-15(20)13-2-1-9-21-13/h1-6,9H,7-8H2,(H,16,20)(H,18,19). The number of hydrazone groups is 1. The maximum Gasteiger partial charge on any atom is 0.265 e. The highest BCUT2D eigenvalue weighted by molar-refractivity contribution is 7.12. The molecule has 21 heavy (non-hydrogen) atoms. The summed E-state index contributed by atoms with van der Waals surface area (Å²) in [4.78, 5) is 23.7. The number of carbonyl (C=O) groups excluding carboxylic acids is 2. The lowest BCUT2D eigenvalue weighted by atomic mass is 10.0. The first-order valence-corrected chi connectivity index (χ1v) is 7.41. The van der Waals surface area contributed by atoms with E-state index in [9.17, 15) is 9.59 Å². The van der Waals surface area contributed by atoms with Gasteiger partial charge in [-0.05, 0) is 29.1 Å². The predicted molar refractivity (Wildman–Crippen MR) is 82.6 cm³/mol. The minimum absolute atomic E-state index is 0.0569. The fraction of sp³-hybridized carbons (Fsp3) is 0.133. The number of nitrogens with one attached hydrogen (secondary N) is 2. The molecule has 0 bridgehead atoms. The number of anilines is 1. The molecule has 0 aliphatic carbocycles. The van der Waals surface area contributed by atoms with Crippen LogP contribution in [0.4, 0.5) is 5.69 Å². The van der Waals surface area contributed by atoms with Gasteiger partial charge < -0.3 is 5.32 Å². The SMILES string of the molecule is O=C1CCC(c2ccc(NC(=O)c3cccs3)cc2)=NN1. The maximum atomic E-state index is 11.9. The Kier molecular flexibility index (Phi) is 3.79. The van der Waals surface area contributed by atoms with Crippen molar-refractivity contribution in [2.24, 2.45) is 5.10 Å². The molecule has 0 unspecified atom stereocenters. The molecule has 0 fully saturated rings. The van der Waals surface area contributed by atoms with E-state index in [0.717, 1.165) is 17.0 Å². The smallest absolute Gasteiger partial charge is 0.265 e. The summed E-state index contributed by atoms with van der Waals surface area (Å²) >= 11 is 1.40. The van der Waals surface area contributed by atoms with Crippen molar-refractivity contribution in [3.8, 4) is 0 Å². The van der Waals surface area contributed by atoms with E-state index < -0.39 is 0 Å². The molecule has 1 aromatic heterocycles. The molecule has 2 amide bonds. The van der Waals surface area contributed by atoms with Crippen LogP contribution in [0.25, 0.3) is 0 Å². The number of rotatable bonds is 3. The van der Waals surface area contributed by atoms with Crippen LogP contribution in [0, 0.1) is 0 Å². The molecule has 2 N–H and O–H groups in total. The second-order valence-corrected chi connectivity index (χ2v) is 5.55. The molecular formula is C15H13N3O2S. The Balaban J connectivity index is 1.70. The summed E-state index contributed by atoms with van der Waals surface area (Å²) in [7, 11) is 0. The van der Waals surface area contributed by atoms with Gasteiger partial charge in [-0.2, -0.15) is 5.10 Å². The molecule has 1 aromatic carbocycles. The summed E-state index contributed by atoms with van der Waals surface area (Å²) in [6, 6.07) is 11.1. The second kappa shape index (κ2) is 5.88. The zero-order chi connectivity index (χ0) is 14.7. The molecule has 6 heteroatoms. The van der Waals surface area contributed by atoms with E-state index in [1.807, 2.05) is 35.7 Å². The van der Waals surface area contributed by atoms with Gasteiger partial charge in [0.05, 0.1) is 10.6 Å². The van der Waals surface area contributed by atoms with Crippen LogP contribution < -0.4 is 10.7 Å². The number of nitrogens with zero attached hydrogens (tertiary/aromatic N) is 1. The van der Waals surface area contributed by atoms with Gasteiger partial charge in [-0.25, -0.2) is 5.43 Å². The molecule has 2 aromatic rings. The third-order valence-electron chi connectivity index (χ3n) is 3.13. The molecule has 1 aliphatic rings. The Morgan fingerprint density at radius 2 is 2.00 bits per heavy atom. The van der Waals surface area contributed by atoms with Crippen LogP contribution in [0.5, 0.6) is 0 Å². The number of carbonyl (C=O) groups is 2. The number of hydrogen-bond donors (Lipinski definition) is 2. The highest BCUT2D eigenvalue weighted by atomic mass is 32.1. The van der Waals surface area contributed by atoms with E-state index in [0.29, 0.717) is 17.7 Å². The average molecular weight is 299 g/mol. The van der Waals surface area contributed by atoms with Crippen molar-refractivity contribution in [3.63, 3.8) is 0 Å². The van der Waals surface area contributed by atoms with E-state index in [1.165, 1.54) is 11.3 Å². The summed E-state index contributed by atoms with van der Waals surface area (Å²) in [6.07, 6.45) is 1.09. The Labute approximate surface area is 125 Å². The van der Waals surface area contributed by atoms with Crippen LogP contribution in [-0.2, 0) is 4.79 Å². The van der Waals surface area contributed by atoms with Crippen LogP contribution in [0.2, 0.25) is 0 Å². The van der Waals surface area contributed by atoms with Crippen molar-refractivity contribution in [2.45, 2.75) is 12.8 Å². The minimum atomic E-state index is -0.111. The van der Waals surface area contributed by atoms with Crippen LogP contribution >= 0.6 is 11.3 Å². The third-order valence-corrected chi connectivity index (χ3v) is 3.99. The van der Waals surface area contributed by atoms with Crippen molar-refractivity contribution in [3.05, 3.63) is 52.2 Å². The number of thiophene rings is 1. The highest BCUT2D eigenvalue weighted by Gasteiger charge is 2.13. The van der Waals surface area contributed by atoms with Crippen molar-refractivity contribution in [1.29, 1.82) is 0 Å². The molecule has 0 saturated heterocycles. The van der Waals surface area contributed by atoms with Gasteiger partial charge in [0, 0.05) is 18.5 Å². The van der Waals surface area contributed by atoms with Gasteiger partial charge in [-0.1, -0.05) is 18.2 Å². The lowest BCUT2D eigenvalue weighted by Crippen LogP contribution is -2.25. The number of benzene rings is 1. The monoisotopic (exact) mass is 299 g/mol. The summed E-state index contributed by atoms with van der Waals surface area (Å²) in [5, 5.41) is 8.76. The maximum absolute atomic E-state index is 11.9. The zero-order valence-electron chi connectivity index (χ0n) is 11.1. The molecule has 0 radical (unpaired) electrons. The van der Waals surface area contributed by atoms with Gasteiger partial charge in [0.25, 0.3) is 5.91 Å². The topological polar surface area (TPSA) is 70.6 Å². The first-order valence-electron chi connectivity index (χ1n) is 6.53. The summed E-state index contributed by atoms with van der Waals surface area (Å²) in [5.41, 5.74) is 5.01. The summed E-state index contributed by atoms with van der Waals surface area (Å²) in [6.45, 7) is 0. The van der Waals surface area contributed by atoms with Crippen LogP contribution in [-0.4, -0.2) is 17.5 Å². The van der Waals surface area contributed by atoms with Gasteiger partial charge in [-0.15, -0.1) is 11.3 Å². The van der Waals surface area contributed by atoms with Crippen LogP contribution in [0.3, 0.4) is 0 Å². The first-order chi connectivity index (χ1) is 10.2. The zero-order valence-corrected chi connectivity index (χ0v) is 11.9. The Morgan fingerprint density at radius 1 is 1.19 bits per heavy atom. The Bertz CT molecular complexity index is 690. The second-order valence-electron chi connectivity index (χ2n) is 4.60. The predicted octanol–water partition coefficient (Wildman–Crippen LogP) is 2.61. The third kappa shape index (κ3) is 3.17. The first kappa shape index (κ1) is 13.5. The largest absolute Gasteiger partial charge is 0.321 e. The lowest BCUT2D eigenvalue weighted by molar-refractivity contribution is -0.121. The quantitative estimate of drug-likeness (QED) is 0.914. The molecule has 0 atom stereocenters. The minimum Gasteiger partial charge on any atom is -0.321 e. The molecule has 106 valence electrons. The van der Waals surface area contributed by atoms with Gasteiger partial charge in [0.2, 0.25) is 5.91 Å². The van der Waals surface area contributed by atoms with Crippen LogP contribution in [0.15, 0.2) is 46.9 Å². The van der Waals surface area contributed by atoms with E-state index in [-0.39, 0.29) is 11.8 Å². The summed E-state index contributed by atoms with van der Waals surface area (Å²) < 4.78 is 0. The van der Waals surface area contributed by atoms with Gasteiger partial charge >= 0.3 is 0 Å². The van der Waals surface area contributed by atoms with E-state index >= 15 is 0 Å². The van der Waals surface area contributed by atoms with Crippen molar-refractivity contribution in [1.82, 2.24) is 5.43 Å². The molecule has 5 nitrogen and oxygen atoms in total. The van der Waals surface area contributed by atoms with E-state index in [2.05, 4.69) is 15.8 Å². The molecule has 3 rings (SSSR count). The Morgan fingerprint density at radius 3 is 2.62 bits per heavy atom. The van der Waals surface area contributed by atoms with E-state index in [4.69, 9.17) is 0 Å². The lowest BCUT2D eigenvalue weighted by Gasteiger charge is -2.12. The van der Waals surface area contributed by atoms with E-state index in [1.54, 1.807) is 6.07 Å². The number of hydrogen-bond acceptors (Lipinski definition) is 4. The van der Waals surface area contributed by atoms with Gasteiger partial charge in [-0.3, -0.25) is 9.59 Å². The average Bonchev–Trinajstić information content (AvgIpc) is 3.03. The van der Waals surface area contributed by atoms with Crippen molar-refractivity contribution < 1.29 is 9.59 Å². The molecular weight excluding hydrogens is 286 g/mol. The molecule has 2 heterocycles. The molecule has 1 aliphatic heterocycles. The summed E-state index contributed by atoms with van der Waals surface area (Å²) in [5.74, 6) is -0.168. The fourth-order valence-corrected chi connectivity index (χ4v) is 2.65. The van der Waals surface area contributed by atoms with Crippen molar-refractivity contribution in [2.75, 3.05) is 5.32 Å². The molecule has 0 spiro atoms. The molecule has 0 saturated carbocycles. The van der Waals surface area contributed by atoms with Crippen LogP contribution in [0.1, 0.15) is 28.1 Å². The van der Waals surface area contributed by atoms with Gasteiger partial charge in [0.1, 0.15) is 0 Å².